The van der Waals surface area contributed by atoms with E-state index in [1.54, 1.807) is 0 Å². The molecular weight excluding hydrogens is 863 g/mol. The molecule has 56 heavy (non-hydrogen) atoms. The minimum Gasteiger partial charge on any atom is -0.485 e. The molecule has 4 aromatic carbocycles. The van der Waals surface area contributed by atoms with Crippen molar-refractivity contribution < 1.29 is 83.9 Å². The molecule has 0 heterocycles. The maximum atomic E-state index is 14.8. The van der Waals surface area contributed by atoms with E-state index >= 15 is 0 Å². The molecule has 0 bridgehead atoms. The molecule has 22 heteroatoms. The SMILES string of the molecule is Cc1cc(Cl)c(OCC(F)(F)c2cc(F)c(F)c(F)c2)cc1C(S(=O)C(c1cc(OCC(F)(F)c2cc(F)c(F)c(F)c2)c(Cl)cc1C)C(F)(F)F)C(F)(F)F. The molecule has 0 aromatic heterocycles. The number of benzene rings is 4. The van der Waals surface area contributed by atoms with Crippen molar-refractivity contribution in [3.63, 3.8) is 0 Å². The molecule has 2 atom stereocenters. The fraction of sp³-hybridized carbons (Fsp3) is 0.294. The van der Waals surface area contributed by atoms with Gasteiger partial charge in [-0.3, -0.25) is 4.21 Å². The van der Waals surface area contributed by atoms with E-state index in [2.05, 4.69) is 0 Å². The molecule has 4 rings (SSSR count). The molecule has 0 aliphatic rings. The van der Waals surface area contributed by atoms with Crippen LogP contribution in [0.2, 0.25) is 10.0 Å². The summed E-state index contributed by atoms with van der Waals surface area (Å²) < 4.78 is 252. The molecule has 306 valence electrons. The van der Waals surface area contributed by atoms with Crippen molar-refractivity contribution in [3.05, 3.63) is 127 Å². The number of hydrogen-bond donors (Lipinski definition) is 0. The van der Waals surface area contributed by atoms with Gasteiger partial charge in [-0.1, -0.05) is 23.2 Å². The summed E-state index contributed by atoms with van der Waals surface area (Å²) in [5, 5.41) is -8.62. The molecule has 0 aliphatic carbocycles. The van der Waals surface area contributed by atoms with Gasteiger partial charge in [0.1, 0.15) is 11.5 Å². The van der Waals surface area contributed by atoms with Crippen molar-refractivity contribution in [2.24, 2.45) is 0 Å². The quantitative estimate of drug-likeness (QED) is 0.105. The second kappa shape index (κ2) is 16.2. The van der Waals surface area contributed by atoms with Crippen LogP contribution in [0.4, 0.5) is 70.2 Å². The molecule has 0 saturated carbocycles. The van der Waals surface area contributed by atoms with Gasteiger partial charge in [0.25, 0.3) is 0 Å². The number of hydrogen-bond acceptors (Lipinski definition) is 3. The first-order valence-corrected chi connectivity index (χ1v) is 17.0. The van der Waals surface area contributed by atoms with E-state index in [9.17, 15) is 74.5 Å². The smallest absolute Gasteiger partial charge is 0.407 e. The van der Waals surface area contributed by atoms with Crippen LogP contribution in [0, 0.1) is 48.8 Å². The molecule has 0 spiro atoms. The van der Waals surface area contributed by atoms with E-state index in [0.717, 1.165) is 13.8 Å². The Morgan fingerprint density at radius 3 is 1.09 bits per heavy atom. The zero-order valence-electron chi connectivity index (χ0n) is 27.6. The Morgan fingerprint density at radius 2 is 0.821 bits per heavy atom. The van der Waals surface area contributed by atoms with Crippen LogP contribution in [0.3, 0.4) is 0 Å². The molecule has 0 radical (unpaired) electrons. The summed E-state index contributed by atoms with van der Waals surface area (Å²) in [6, 6.07) is 1.40. The van der Waals surface area contributed by atoms with Gasteiger partial charge in [-0.2, -0.15) is 43.9 Å². The van der Waals surface area contributed by atoms with Gasteiger partial charge in [-0.05, 0) is 84.6 Å². The Bertz CT molecular complexity index is 1960. The summed E-state index contributed by atoms with van der Waals surface area (Å²) in [7, 11) is -4.18. The molecule has 0 fully saturated rings. The van der Waals surface area contributed by atoms with Crippen LogP contribution in [-0.2, 0) is 22.6 Å². The maximum Gasteiger partial charge on any atom is 0.407 e. The van der Waals surface area contributed by atoms with E-state index in [-0.39, 0.29) is 36.4 Å². The molecule has 0 saturated heterocycles. The predicted octanol–water partition coefficient (Wildman–Crippen LogP) is 12.4. The zero-order valence-corrected chi connectivity index (χ0v) is 30.0. The second-order valence-corrected chi connectivity index (χ2v) is 14.4. The van der Waals surface area contributed by atoms with Crippen LogP contribution >= 0.6 is 23.2 Å². The van der Waals surface area contributed by atoms with Crippen molar-refractivity contribution in [2.75, 3.05) is 13.2 Å². The summed E-state index contributed by atoms with van der Waals surface area (Å²) in [6.07, 6.45) is -11.6. The Hall–Kier alpha value is -3.91. The molecule has 0 aliphatic heterocycles. The van der Waals surface area contributed by atoms with Crippen LogP contribution in [-0.4, -0.2) is 29.8 Å². The highest BCUT2D eigenvalue weighted by atomic mass is 35.5. The minimum atomic E-state index is -5.82. The third-order valence-electron chi connectivity index (χ3n) is 7.90. The van der Waals surface area contributed by atoms with Crippen molar-refractivity contribution in [1.82, 2.24) is 0 Å². The lowest BCUT2D eigenvalue weighted by atomic mass is 10.0. The molecule has 3 nitrogen and oxygen atoms in total. The number of ether oxygens (including phenoxy) is 2. The first-order chi connectivity index (χ1) is 25.6. The third kappa shape index (κ3) is 9.61. The summed E-state index contributed by atoms with van der Waals surface area (Å²) in [6.45, 7) is -2.08. The molecule has 0 N–H and O–H groups in total. The van der Waals surface area contributed by atoms with Crippen molar-refractivity contribution >= 4 is 34.0 Å². The maximum absolute atomic E-state index is 14.8. The molecular formula is C34H20Cl2F16O3S. The molecule has 4 aromatic rings. The summed E-state index contributed by atoms with van der Waals surface area (Å²) in [5.74, 6) is -23.2. The average Bonchev–Trinajstić information content (AvgIpc) is 3.05. The third-order valence-corrected chi connectivity index (χ3v) is 10.5. The number of halogens is 18. The number of alkyl halides is 10. The van der Waals surface area contributed by atoms with E-state index in [4.69, 9.17) is 32.7 Å². The fourth-order valence-corrected chi connectivity index (χ4v) is 7.52. The average molecular weight is 883 g/mol. The minimum absolute atomic E-state index is 0.0986. The van der Waals surface area contributed by atoms with Gasteiger partial charge < -0.3 is 9.47 Å². The van der Waals surface area contributed by atoms with E-state index in [1.165, 1.54) is 0 Å². The number of rotatable bonds is 12. The van der Waals surface area contributed by atoms with Crippen LogP contribution < -0.4 is 9.47 Å². The topological polar surface area (TPSA) is 35.5 Å². The summed E-state index contributed by atoms with van der Waals surface area (Å²) >= 11 is 11.9. The second-order valence-electron chi connectivity index (χ2n) is 11.9. The highest BCUT2D eigenvalue weighted by Gasteiger charge is 2.55. The normalized spacial score (nSPS) is 14.4. The standard InChI is InChI=1S/C34H20Cl2F16O3S/c1-13-3-19(35)25(54-11-31(43,44)15-5-21(37)27(41)22(38)6-15)9-17(13)29(33(47,48)49)56(53)30(34(50,51)52)18-10-26(20(36)4-14(18)2)55-12-32(45,46)16-7-23(39)28(42)24(40)8-16/h3-10,29-30H,11-12H2,1-2H3. The fourth-order valence-electron chi connectivity index (χ4n) is 5.16. The number of aryl methyl sites for hydroxylation is 2. The first-order valence-electron chi connectivity index (χ1n) is 15.0. The van der Waals surface area contributed by atoms with Gasteiger partial charge >= 0.3 is 24.2 Å². The van der Waals surface area contributed by atoms with E-state index in [1.807, 2.05) is 0 Å². The Labute approximate surface area is 317 Å². The Morgan fingerprint density at radius 1 is 0.536 bits per heavy atom. The van der Waals surface area contributed by atoms with Crippen molar-refractivity contribution in [1.29, 1.82) is 0 Å². The summed E-state index contributed by atoms with van der Waals surface area (Å²) in [5.41, 5.74) is -6.62. The lowest BCUT2D eigenvalue weighted by Gasteiger charge is -2.30. The largest absolute Gasteiger partial charge is 0.485 e. The summed E-state index contributed by atoms with van der Waals surface area (Å²) in [4.78, 5) is 0. The highest BCUT2D eigenvalue weighted by Crippen LogP contribution is 2.51. The Kier molecular flexibility index (Phi) is 12.9. The van der Waals surface area contributed by atoms with E-state index in [0.29, 0.717) is 12.1 Å². The first kappa shape index (κ1) is 44.8. The van der Waals surface area contributed by atoms with Crippen molar-refractivity contribution in [2.45, 2.75) is 48.5 Å². The van der Waals surface area contributed by atoms with Gasteiger partial charge in [0, 0.05) is 11.1 Å². The predicted molar refractivity (Wildman–Crippen MR) is 170 cm³/mol. The molecule has 2 unspecified atom stereocenters. The van der Waals surface area contributed by atoms with Gasteiger partial charge in [0.2, 0.25) is 0 Å². The lowest BCUT2D eigenvalue weighted by molar-refractivity contribution is -0.138. The van der Waals surface area contributed by atoms with Crippen LogP contribution in [0.15, 0.2) is 48.5 Å². The van der Waals surface area contributed by atoms with Gasteiger partial charge in [-0.15, -0.1) is 0 Å². The highest BCUT2D eigenvalue weighted by molar-refractivity contribution is 7.85. The van der Waals surface area contributed by atoms with Crippen molar-refractivity contribution in [3.8, 4) is 11.5 Å². The van der Waals surface area contributed by atoms with Crippen LogP contribution in [0.25, 0.3) is 0 Å². The van der Waals surface area contributed by atoms with Crippen LogP contribution in [0.5, 0.6) is 11.5 Å². The van der Waals surface area contributed by atoms with Gasteiger partial charge in [0.15, 0.2) is 58.6 Å². The van der Waals surface area contributed by atoms with E-state index < -0.39 is 149 Å². The lowest BCUT2D eigenvalue weighted by Crippen LogP contribution is -2.35. The van der Waals surface area contributed by atoms with Crippen LogP contribution in [0.1, 0.15) is 43.9 Å². The monoisotopic (exact) mass is 882 g/mol. The Balaban J connectivity index is 1.74. The molecule has 0 amide bonds. The zero-order chi connectivity index (χ0) is 42.5. The van der Waals surface area contributed by atoms with Gasteiger partial charge in [-0.25, -0.2) is 26.3 Å². The van der Waals surface area contributed by atoms with Gasteiger partial charge in [0.05, 0.1) is 20.8 Å².